The van der Waals surface area contributed by atoms with E-state index in [0.717, 1.165) is 0 Å². The van der Waals surface area contributed by atoms with E-state index < -0.39 is 5.82 Å². The maximum Gasteiger partial charge on any atom is 0.167 e. The van der Waals surface area contributed by atoms with Crippen LogP contribution in [0.4, 0.5) is 10.1 Å². The second kappa shape index (κ2) is 5.59. The Morgan fingerprint density at radius 3 is 2.47 bits per heavy atom. The topological polar surface area (TPSA) is 43.1 Å². The maximum atomic E-state index is 13.3. The molecule has 2 aromatic carbocycles. The standard InChI is InChI=1S/C14H10Cl2FNO/c15-10-3-1-8(5-12(10)17)6-14(19)9-2-4-13(18)11(16)7-9/h1-5,7H,6,18H2. The number of anilines is 1. The first-order chi connectivity index (χ1) is 8.97. The Morgan fingerprint density at radius 1 is 1.11 bits per heavy atom. The lowest BCUT2D eigenvalue weighted by atomic mass is 10.0. The third-order valence-electron chi connectivity index (χ3n) is 2.67. The monoisotopic (exact) mass is 297 g/mol. The van der Waals surface area contributed by atoms with Crippen LogP contribution in [0.3, 0.4) is 0 Å². The minimum absolute atomic E-state index is 0.0340. The quantitative estimate of drug-likeness (QED) is 0.683. The number of ketones is 1. The van der Waals surface area contributed by atoms with Gasteiger partial charge in [0.05, 0.1) is 15.7 Å². The molecule has 0 heterocycles. The van der Waals surface area contributed by atoms with E-state index >= 15 is 0 Å². The summed E-state index contributed by atoms with van der Waals surface area (Å²) < 4.78 is 13.3. The molecule has 2 nitrogen and oxygen atoms in total. The summed E-state index contributed by atoms with van der Waals surface area (Å²) in [5, 5.41) is 0.361. The van der Waals surface area contributed by atoms with E-state index in [9.17, 15) is 9.18 Å². The molecule has 98 valence electrons. The zero-order chi connectivity index (χ0) is 14.0. The second-order valence-corrected chi connectivity index (χ2v) is 4.90. The predicted molar refractivity (Wildman–Crippen MR) is 75.3 cm³/mol. The van der Waals surface area contributed by atoms with Crippen LogP contribution in [0, 0.1) is 5.82 Å². The summed E-state index contributed by atoms with van der Waals surface area (Å²) >= 11 is 11.4. The van der Waals surface area contributed by atoms with E-state index in [1.54, 1.807) is 18.2 Å². The molecule has 0 saturated carbocycles. The number of rotatable bonds is 3. The first-order valence-corrected chi connectivity index (χ1v) is 6.25. The molecule has 0 fully saturated rings. The zero-order valence-corrected chi connectivity index (χ0v) is 11.3. The Bertz CT molecular complexity index is 643. The van der Waals surface area contributed by atoms with Crippen LogP contribution in [0.1, 0.15) is 15.9 Å². The lowest BCUT2D eigenvalue weighted by molar-refractivity contribution is 0.0993. The van der Waals surface area contributed by atoms with Crippen LogP contribution >= 0.6 is 23.2 Å². The highest BCUT2D eigenvalue weighted by Gasteiger charge is 2.10. The Kier molecular flexibility index (Phi) is 4.08. The fraction of sp³-hybridized carbons (Fsp3) is 0.0714. The van der Waals surface area contributed by atoms with Crippen LogP contribution in [-0.2, 0) is 6.42 Å². The summed E-state index contributed by atoms with van der Waals surface area (Å²) in [6.07, 6.45) is 0.0777. The second-order valence-electron chi connectivity index (χ2n) is 4.08. The number of carbonyl (C=O) groups excluding carboxylic acids is 1. The number of nitrogen functional groups attached to an aromatic ring is 1. The van der Waals surface area contributed by atoms with Crippen molar-refractivity contribution in [3.63, 3.8) is 0 Å². The van der Waals surface area contributed by atoms with Crippen molar-refractivity contribution < 1.29 is 9.18 Å². The Labute approximate surface area is 119 Å². The SMILES string of the molecule is Nc1ccc(C(=O)Cc2ccc(Cl)c(F)c2)cc1Cl. The summed E-state index contributed by atoms with van der Waals surface area (Å²) in [6, 6.07) is 8.95. The van der Waals surface area contributed by atoms with Gasteiger partial charge < -0.3 is 5.73 Å². The molecule has 5 heteroatoms. The summed E-state index contributed by atoms with van der Waals surface area (Å²) in [5.41, 5.74) is 6.98. The molecule has 0 aliphatic rings. The number of hydrogen-bond acceptors (Lipinski definition) is 2. The van der Waals surface area contributed by atoms with E-state index in [4.69, 9.17) is 28.9 Å². The molecule has 0 saturated heterocycles. The molecular formula is C14H10Cl2FNO. The average Bonchev–Trinajstić information content (AvgIpc) is 2.37. The molecule has 0 radical (unpaired) electrons. The Hall–Kier alpha value is -1.58. The summed E-state index contributed by atoms with van der Waals surface area (Å²) in [7, 11) is 0. The minimum atomic E-state index is -0.540. The van der Waals surface area contributed by atoms with Crippen molar-refractivity contribution in [2.75, 3.05) is 5.73 Å². The highest BCUT2D eigenvalue weighted by atomic mass is 35.5. The van der Waals surface area contributed by atoms with Crippen LogP contribution in [0.15, 0.2) is 36.4 Å². The average molecular weight is 298 g/mol. The van der Waals surface area contributed by atoms with Crippen LogP contribution in [0.25, 0.3) is 0 Å². The lowest BCUT2D eigenvalue weighted by Crippen LogP contribution is -2.04. The molecule has 0 spiro atoms. The van der Waals surface area contributed by atoms with Crippen LogP contribution in [-0.4, -0.2) is 5.78 Å². The van der Waals surface area contributed by atoms with Gasteiger partial charge in [0.25, 0.3) is 0 Å². The molecule has 0 aliphatic carbocycles. The first-order valence-electron chi connectivity index (χ1n) is 5.49. The largest absolute Gasteiger partial charge is 0.398 e. The van der Waals surface area contributed by atoms with E-state index in [1.165, 1.54) is 18.2 Å². The van der Waals surface area contributed by atoms with Crippen LogP contribution in [0.2, 0.25) is 10.0 Å². The van der Waals surface area contributed by atoms with Crippen molar-refractivity contribution in [2.24, 2.45) is 0 Å². The number of Topliss-reactive ketones (excluding diaryl/α,β-unsaturated/α-hetero) is 1. The summed E-state index contributed by atoms with van der Waals surface area (Å²) in [4.78, 5) is 12.0. The van der Waals surface area contributed by atoms with Crippen molar-refractivity contribution >= 4 is 34.7 Å². The Balaban J connectivity index is 2.20. The number of nitrogens with two attached hydrogens (primary N) is 1. The molecular weight excluding hydrogens is 288 g/mol. The number of hydrogen-bond donors (Lipinski definition) is 1. The lowest BCUT2D eigenvalue weighted by Gasteiger charge is -2.04. The van der Waals surface area contributed by atoms with Gasteiger partial charge in [0.2, 0.25) is 0 Å². The first kappa shape index (κ1) is 13.8. The number of carbonyl (C=O) groups is 1. The van der Waals surface area contributed by atoms with Gasteiger partial charge in [-0.2, -0.15) is 0 Å². The molecule has 0 aromatic heterocycles. The Morgan fingerprint density at radius 2 is 1.84 bits per heavy atom. The van der Waals surface area contributed by atoms with Crippen molar-refractivity contribution in [1.82, 2.24) is 0 Å². The van der Waals surface area contributed by atoms with Crippen molar-refractivity contribution in [1.29, 1.82) is 0 Å². The van der Waals surface area contributed by atoms with Gasteiger partial charge in [0.15, 0.2) is 5.78 Å². The highest BCUT2D eigenvalue weighted by Crippen LogP contribution is 2.21. The van der Waals surface area contributed by atoms with Gasteiger partial charge in [-0.1, -0.05) is 29.3 Å². The summed E-state index contributed by atoms with van der Waals surface area (Å²) in [5.74, 6) is -0.703. The molecule has 0 bridgehead atoms. The maximum absolute atomic E-state index is 13.3. The van der Waals surface area contributed by atoms with Crippen LogP contribution in [0.5, 0.6) is 0 Å². The molecule has 19 heavy (non-hydrogen) atoms. The van der Waals surface area contributed by atoms with Crippen LogP contribution < -0.4 is 5.73 Å². The van der Waals surface area contributed by atoms with Gasteiger partial charge in [-0.25, -0.2) is 4.39 Å². The zero-order valence-electron chi connectivity index (χ0n) is 9.79. The van der Waals surface area contributed by atoms with Crippen molar-refractivity contribution in [3.05, 3.63) is 63.4 Å². The molecule has 0 atom stereocenters. The third-order valence-corrected chi connectivity index (χ3v) is 3.30. The van der Waals surface area contributed by atoms with E-state index in [1.807, 2.05) is 0 Å². The third kappa shape index (κ3) is 3.25. The van der Waals surface area contributed by atoms with Gasteiger partial charge in [0.1, 0.15) is 5.82 Å². The van der Waals surface area contributed by atoms with E-state index in [2.05, 4.69) is 0 Å². The van der Waals surface area contributed by atoms with Crippen molar-refractivity contribution in [2.45, 2.75) is 6.42 Å². The molecule has 2 rings (SSSR count). The molecule has 0 aliphatic heterocycles. The van der Waals surface area contributed by atoms with Gasteiger partial charge in [0, 0.05) is 12.0 Å². The van der Waals surface area contributed by atoms with Crippen molar-refractivity contribution in [3.8, 4) is 0 Å². The molecule has 0 amide bonds. The normalized spacial score (nSPS) is 10.5. The van der Waals surface area contributed by atoms with E-state index in [-0.39, 0.29) is 17.2 Å². The number of benzene rings is 2. The summed E-state index contributed by atoms with van der Waals surface area (Å²) in [6.45, 7) is 0. The highest BCUT2D eigenvalue weighted by molar-refractivity contribution is 6.33. The minimum Gasteiger partial charge on any atom is -0.398 e. The molecule has 2 aromatic rings. The molecule has 0 unspecified atom stereocenters. The van der Waals surface area contributed by atoms with E-state index in [0.29, 0.717) is 21.8 Å². The van der Waals surface area contributed by atoms with Gasteiger partial charge in [-0.05, 0) is 35.9 Å². The fourth-order valence-corrected chi connectivity index (χ4v) is 1.94. The van der Waals surface area contributed by atoms with Gasteiger partial charge >= 0.3 is 0 Å². The predicted octanol–water partition coefficient (Wildman–Crippen LogP) is 4.14. The van der Waals surface area contributed by atoms with Gasteiger partial charge in [-0.3, -0.25) is 4.79 Å². The van der Waals surface area contributed by atoms with Gasteiger partial charge in [-0.15, -0.1) is 0 Å². The smallest absolute Gasteiger partial charge is 0.167 e. The number of halogens is 3. The molecule has 2 N–H and O–H groups in total. The fourth-order valence-electron chi connectivity index (χ4n) is 1.64.